The molecule has 2 bridgehead atoms. The van der Waals surface area contributed by atoms with Crippen LogP contribution in [0.1, 0.15) is 106 Å². The number of phenolic OH excluding ortho intramolecular Hbond substituents is 1. The van der Waals surface area contributed by atoms with Gasteiger partial charge in [0, 0.05) is 22.5 Å². The molecule has 55 heavy (non-hydrogen) atoms. The maximum atomic E-state index is 13.3. The number of hydrogen-bond donors (Lipinski definition) is 4. The van der Waals surface area contributed by atoms with Gasteiger partial charge < -0.3 is 25.8 Å². The Morgan fingerprint density at radius 1 is 0.909 bits per heavy atom. The second-order valence-electron chi connectivity index (χ2n) is 17.0. The van der Waals surface area contributed by atoms with E-state index in [2.05, 4.69) is 66.8 Å². The lowest BCUT2D eigenvalue weighted by Gasteiger charge is -2.48. The van der Waals surface area contributed by atoms with Crippen LogP contribution >= 0.6 is 0 Å². The number of aliphatic hydroxyl groups is 1. The summed E-state index contributed by atoms with van der Waals surface area (Å²) in [5.74, 6) is 0.235. The Morgan fingerprint density at radius 2 is 1.73 bits per heavy atom. The molecule has 1 saturated carbocycles. The minimum absolute atomic E-state index is 0.0750. The van der Waals surface area contributed by atoms with Gasteiger partial charge in [-0.1, -0.05) is 110 Å². The molecular formula is C49H59NO5. The number of phenols is 1. The molecule has 1 fully saturated rings. The van der Waals surface area contributed by atoms with Gasteiger partial charge in [-0.25, -0.2) is 0 Å². The van der Waals surface area contributed by atoms with E-state index in [4.69, 9.17) is 5.73 Å². The number of carboxylic acid groups (broad SMARTS) is 1. The topological polar surface area (TPSA) is 121 Å². The Morgan fingerprint density at radius 3 is 2.53 bits per heavy atom. The number of carbonyl (C=O) groups excluding carboxylic acids is 1. The maximum Gasteiger partial charge on any atom is 0.307 e. The lowest BCUT2D eigenvalue weighted by Crippen LogP contribution is -2.48. The second-order valence-corrected chi connectivity index (χ2v) is 17.0. The van der Waals surface area contributed by atoms with Gasteiger partial charge in [0.1, 0.15) is 17.8 Å². The molecule has 290 valence electrons. The van der Waals surface area contributed by atoms with E-state index in [1.165, 1.54) is 23.0 Å². The van der Waals surface area contributed by atoms with Crippen molar-refractivity contribution in [3.8, 4) is 5.75 Å². The van der Waals surface area contributed by atoms with Crippen LogP contribution in [-0.2, 0) is 21.4 Å². The van der Waals surface area contributed by atoms with Crippen molar-refractivity contribution in [2.75, 3.05) is 6.54 Å². The summed E-state index contributed by atoms with van der Waals surface area (Å²) in [5.41, 5.74) is 10.0. The Kier molecular flexibility index (Phi) is 12.4. The average molecular weight is 742 g/mol. The number of aromatic hydroxyl groups is 1. The first-order valence-electron chi connectivity index (χ1n) is 20.9. The highest BCUT2D eigenvalue weighted by Gasteiger charge is 2.50. The average Bonchev–Trinajstić information content (AvgIpc) is 3.66. The van der Waals surface area contributed by atoms with Gasteiger partial charge in [0.15, 0.2) is 0 Å². The molecule has 6 heteroatoms. The van der Waals surface area contributed by atoms with Gasteiger partial charge in [-0.15, -0.1) is 0 Å². The van der Waals surface area contributed by atoms with E-state index >= 15 is 0 Å². The standard InChI is InChI=1S/C49H59NO5/c50-26-24-33-17-18-37(27-33)40(32-51)13-3-1-2-10-35-11-5-7-16-46(48(54)55)49(25-23-39-30-38-12-4-6-15-43(38)47(53)45(39)31-49)41-14-8-9-34(28-41)29-44(35)36-19-21-42(52)22-20-36/h4-9,12,14-15,19-22,27-28,30,32,35,37,39-40,44-46,52-53H,1-3,10-11,13,16-18,23-26,29,31,50H2,(H,54,55)/b7-5-/t35-,37-,39+,40+,44+,45+,46+,49-/m0/s1. The summed E-state index contributed by atoms with van der Waals surface area (Å²) in [6.45, 7) is 0.665. The highest BCUT2D eigenvalue weighted by molar-refractivity contribution is 5.73. The predicted octanol–water partition coefficient (Wildman–Crippen LogP) is 8.65. The van der Waals surface area contributed by atoms with Crippen LogP contribution in [0.2, 0.25) is 0 Å². The number of nitrogens with two attached hydrogens (primary N) is 1. The number of carbonyl (C=O) groups is 2. The van der Waals surface area contributed by atoms with Crippen molar-refractivity contribution in [1.29, 1.82) is 0 Å². The van der Waals surface area contributed by atoms with Gasteiger partial charge in [-0.3, -0.25) is 4.79 Å². The number of rotatable bonds is 12. The van der Waals surface area contributed by atoms with Gasteiger partial charge in [0.05, 0.1) is 5.92 Å². The summed E-state index contributed by atoms with van der Waals surface area (Å²) in [4.78, 5) is 25.5. The molecule has 3 aromatic carbocycles. The van der Waals surface area contributed by atoms with E-state index in [-0.39, 0.29) is 29.4 Å². The molecule has 1 spiro atoms. The number of fused-ring (bicyclic) bond motifs is 5. The van der Waals surface area contributed by atoms with Crippen molar-refractivity contribution in [2.24, 2.45) is 41.2 Å². The summed E-state index contributed by atoms with van der Waals surface area (Å²) >= 11 is 0. The van der Waals surface area contributed by atoms with E-state index in [1.807, 2.05) is 18.2 Å². The smallest absolute Gasteiger partial charge is 0.307 e. The third kappa shape index (κ3) is 8.55. The van der Waals surface area contributed by atoms with Crippen LogP contribution in [0, 0.1) is 35.5 Å². The van der Waals surface area contributed by atoms with Gasteiger partial charge in [0.2, 0.25) is 0 Å². The number of aliphatic carboxylic acids is 1. The fourth-order valence-corrected chi connectivity index (χ4v) is 10.8. The molecule has 7 rings (SSSR count). The second kappa shape index (κ2) is 17.6. The highest BCUT2D eigenvalue weighted by Crippen LogP contribution is 2.53. The summed E-state index contributed by atoms with van der Waals surface area (Å²) in [6, 6.07) is 24.4. The minimum atomic E-state index is -0.777. The zero-order valence-corrected chi connectivity index (χ0v) is 32.2. The lowest BCUT2D eigenvalue weighted by atomic mass is 9.55. The van der Waals surface area contributed by atoms with Crippen LogP contribution in [0.5, 0.6) is 5.75 Å². The summed E-state index contributed by atoms with van der Waals surface area (Å²) in [7, 11) is 0. The molecule has 0 aromatic heterocycles. The molecule has 0 amide bonds. The molecule has 0 unspecified atom stereocenters. The van der Waals surface area contributed by atoms with Gasteiger partial charge in [-0.2, -0.15) is 0 Å². The van der Waals surface area contributed by atoms with Crippen molar-refractivity contribution in [3.63, 3.8) is 0 Å². The van der Waals surface area contributed by atoms with Crippen LogP contribution in [0.15, 0.2) is 96.6 Å². The summed E-state index contributed by atoms with van der Waals surface area (Å²) in [6.07, 6.45) is 22.5. The van der Waals surface area contributed by atoms with Gasteiger partial charge >= 0.3 is 5.97 Å². The number of aliphatic hydroxyl groups excluding tert-OH is 1. The molecule has 4 aliphatic rings. The molecular weight excluding hydrogens is 683 g/mol. The Balaban J connectivity index is 1.14. The minimum Gasteiger partial charge on any atom is -0.511 e. The zero-order valence-electron chi connectivity index (χ0n) is 32.2. The van der Waals surface area contributed by atoms with E-state index in [0.717, 1.165) is 93.1 Å². The van der Waals surface area contributed by atoms with Crippen molar-refractivity contribution < 1.29 is 24.9 Å². The molecule has 3 aromatic rings. The Bertz CT molecular complexity index is 2000. The molecule has 6 nitrogen and oxygen atoms in total. The first kappa shape index (κ1) is 38.8. The summed E-state index contributed by atoms with van der Waals surface area (Å²) in [5, 5.41) is 34.8. The SMILES string of the molecule is NCCC1=C[C@@H]([C@@H](C=O)CCCCC[C@H]2C/C=C\C[C@H](C(=O)O)[C@]3(CC[C@@H]4C=c5ccccc5=C(O)[C@@H]4C3)c3cccc(c3)C[C@H]2c2ccc(O)cc2)CC1. The first-order valence-corrected chi connectivity index (χ1v) is 20.9. The van der Waals surface area contributed by atoms with Crippen molar-refractivity contribution in [3.05, 3.63) is 124 Å². The van der Waals surface area contributed by atoms with Crippen LogP contribution in [0.3, 0.4) is 0 Å². The molecule has 0 aliphatic heterocycles. The van der Waals surface area contributed by atoms with Crippen molar-refractivity contribution in [2.45, 2.75) is 101 Å². The number of benzene rings is 3. The Labute approximate surface area is 326 Å². The predicted molar refractivity (Wildman–Crippen MR) is 220 cm³/mol. The number of hydrogen-bond acceptors (Lipinski definition) is 5. The van der Waals surface area contributed by atoms with Crippen LogP contribution in [0.25, 0.3) is 11.8 Å². The molecule has 4 aliphatic carbocycles. The number of aldehydes is 1. The first-order chi connectivity index (χ1) is 26.8. The lowest BCUT2D eigenvalue weighted by molar-refractivity contribution is -0.145. The number of carboxylic acids is 1. The Hall–Kier alpha value is -4.42. The van der Waals surface area contributed by atoms with E-state index in [0.29, 0.717) is 37.0 Å². The number of unbranched alkanes of at least 4 members (excludes halogenated alkanes) is 2. The van der Waals surface area contributed by atoms with E-state index in [1.54, 1.807) is 12.1 Å². The fourth-order valence-electron chi connectivity index (χ4n) is 10.8. The van der Waals surface area contributed by atoms with E-state index in [9.17, 15) is 24.9 Å². The maximum absolute atomic E-state index is 13.3. The van der Waals surface area contributed by atoms with Crippen molar-refractivity contribution in [1.82, 2.24) is 0 Å². The summed E-state index contributed by atoms with van der Waals surface area (Å²) < 4.78 is 0. The molecule has 0 saturated heterocycles. The molecule has 0 heterocycles. The van der Waals surface area contributed by atoms with Crippen LogP contribution < -0.4 is 16.2 Å². The van der Waals surface area contributed by atoms with Gasteiger partial charge in [0.25, 0.3) is 0 Å². The zero-order chi connectivity index (χ0) is 38.4. The third-order valence-electron chi connectivity index (χ3n) is 13.8. The molecule has 5 N–H and O–H groups in total. The number of allylic oxidation sites excluding steroid dienone is 3. The van der Waals surface area contributed by atoms with E-state index < -0.39 is 17.3 Å². The van der Waals surface area contributed by atoms with Crippen LogP contribution in [0.4, 0.5) is 0 Å². The van der Waals surface area contributed by atoms with Gasteiger partial charge in [-0.05, 0) is 135 Å². The molecule has 0 radical (unpaired) electrons. The highest BCUT2D eigenvalue weighted by atomic mass is 16.4. The third-order valence-corrected chi connectivity index (χ3v) is 13.8. The normalized spacial score (nSPS) is 28.7. The molecule has 8 atom stereocenters. The monoisotopic (exact) mass is 741 g/mol. The van der Waals surface area contributed by atoms with Crippen molar-refractivity contribution >= 4 is 24.1 Å². The largest absolute Gasteiger partial charge is 0.511 e. The quantitative estimate of drug-likeness (QED) is 0.0838. The van der Waals surface area contributed by atoms with Crippen LogP contribution in [-0.4, -0.2) is 34.1 Å². The fraction of sp³-hybridized carbons (Fsp3) is 0.469.